The summed E-state index contributed by atoms with van der Waals surface area (Å²) < 4.78 is 26.8. The number of hydrogen-bond acceptors (Lipinski definition) is 5. The lowest BCUT2D eigenvalue weighted by Gasteiger charge is -2.31. The molecule has 19 heavy (non-hydrogen) atoms. The largest absolute Gasteiger partial charge is 0.307 e. The number of nitrogens with one attached hydrogen (secondary N) is 1. The second-order valence-electron chi connectivity index (χ2n) is 4.77. The topological polar surface area (TPSA) is 88.3 Å². The molecule has 0 saturated carbocycles. The third-order valence-corrected chi connectivity index (χ3v) is 5.48. The molecule has 0 radical (unpaired) electrons. The van der Waals surface area contributed by atoms with E-state index in [1.165, 1.54) is 12.3 Å². The smallest absolute Gasteiger partial charge is 0.246 e. The van der Waals surface area contributed by atoms with Crippen molar-refractivity contribution < 1.29 is 8.42 Å². The van der Waals surface area contributed by atoms with E-state index < -0.39 is 10.0 Å². The number of aromatic nitrogens is 1. The molecule has 0 spiro atoms. The number of nitrogens with two attached hydrogens (primary N) is 1. The third kappa shape index (κ3) is 2.88. The van der Waals surface area contributed by atoms with E-state index in [4.69, 9.17) is 5.84 Å². The van der Waals surface area contributed by atoms with Crippen LogP contribution >= 0.6 is 0 Å². The number of hydrazine groups is 1. The van der Waals surface area contributed by atoms with Crippen molar-refractivity contribution in [1.29, 1.82) is 0 Å². The molecule has 2 rings (SSSR count). The van der Waals surface area contributed by atoms with E-state index in [0.29, 0.717) is 19.0 Å². The maximum absolute atomic E-state index is 12.6. The van der Waals surface area contributed by atoms with Crippen LogP contribution in [-0.4, -0.2) is 30.8 Å². The Hall–Kier alpha value is -1.18. The van der Waals surface area contributed by atoms with Crippen molar-refractivity contribution in [3.63, 3.8) is 0 Å². The summed E-state index contributed by atoms with van der Waals surface area (Å²) in [5.74, 6) is 5.97. The predicted octanol–water partition coefficient (Wildman–Crippen LogP) is 1.18. The fraction of sp³-hybridized carbons (Fsp3) is 0.583. The van der Waals surface area contributed by atoms with Gasteiger partial charge >= 0.3 is 0 Å². The standard InChI is InChI=1S/C12H20N4O2S/c1-2-10-5-4-8-16(9-10)19(17,18)11-6-3-7-14-12(11)15-13/h3,6-7,10H,2,4-5,8-9,13H2,1H3,(H,14,15). The first kappa shape index (κ1) is 14.2. The van der Waals surface area contributed by atoms with Crippen LogP contribution in [0.3, 0.4) is 0 Å². The quantitative estimate of drug-likeness (QED) is 0.640. The van der Waals surface area contributed by atoms with Crippen LogP contribution in [0.15, 0.2) is 23.2 Å². The van der Waals surface area contributed by atoms with Crippen LogP contribution in [0.2, 0.25) is 0 Å². The second-order valence-corrected chi connectivity index (χ2v) is 6.68. The van der Waals surface area contributed by atoms with Gasteiger partial charge in [-0.3, -0.25) is 0 Å². The highest BCUT2D eigenvalue weighted by atomic mass is 32.2. The molecule has 7 heteroatoms. The molecule has 0 aliphatic carbocycles. The molecular weight excluding hydrogens is 264 g/mol. The number of nitrogen functional groups attached to an aromatic ring is 1. The highest BCUT2D eigenvalue weighted by Gasteiger charge is 2.31. The van der Waals surface area contributed by atoms with Crippen LogP contribution in [0, 0.1) is 5.92 Å². The minimum atomic E-state index is -3.52. The molecule has 1 aliphatic rings. The summed E-state index contributed by atoms with van der Waals surface area (Å²) in [6.45, 7) is 3.24. The Morgan fingerprint density at radius 3 is 3.05 bits per heavy atom. The summed E-state index contributed by atoms with van der Waals surface area (Å²) in [7, 11) is -3.52. The van der Waals surface area contributed by atoms with Crippen molar-refractivity contribution in [2.75, 3.05) is 18.5 Å². The normalized spacial score (nSPS) is 21.3. The fourth-order valence-corrected chi connectivity index (χ4v) is 4.09. The maximum atomic E-state index is 12.6. The van der Waals surface area contributed by atoms with E-state index in [-0.39, 0.29) is 10.7 Å². The Morgan fingerprint density at radius 2 is 2.37 bits per heavy atom. The van der Waals surface area contributed by atoms with E-state index >= 15 is 0 Å². The van der Waals surface area contributed by atoms with Gasteiger partial charge in [-0.25, -0.2) is 19.2 Å². The third-order valence-electron chi connectivity index (χ3n) is 3.58. The lowest BCUT2D eigenvalue weighted by molar-refractivity contribution is 0.261. The van der Waals surface area contributed by atoms with Gasteiger partial charge in [0, 0.05) is 19.3 Å². The fourth-order valence-electron chi connectivity index (χ4n) is 2.42. The molecule has 1 aromatic rings. The van der Waals surface area contributed by atoms with Crippen molar-refractivity contribution in [3.8, 4) is 0 Å². The zero-order chi connectivity index (χ0) is 13.9. The second kappa shape index (κ2) is 5.85. The summed E-state index contributed by atoms with van der Waals surface area (Å²) >= 11 is 0. The molecule has 6 nitrogen and oxygen atoms in total. The predicted molar refractivity (Wildman–Crippen MR) is 73.8 cm³/mol. The summed E-state index contributed by atoms with van der Waals surface area (Å²) in [5, 5.41) is 0. The molecule has 0 amide bonds. The van der Waals surface area contributed by atoms with Crippen molar-refractivity contribution in [2.24, 2.45) is 11.8 Å². The zero-order valence-electron chi connectivity index (χ0n) is 11.0. The van der Waals surface area contributed by atoms with Gasteiger partial charge in [-0.15, -0.1) is 0 Å². The first-order valence-electron chi connectivity index (χ1n) is 6.51. The molecule has 1 aromatic heterocycles. The van der Waals surface area contributed by atoms with Crippen molar-refractivity contribution in [2.45, 2.75) is 31.1 Å². The summed E-state index contributed by atoms with van der Waals surface area (Å²) in [4.78, 5) is 4.10. The number of rotatable bonds is 4. The maximum Gasteiger partial charge on any atom is 0.246 e. The first-order valence-corrected chi connectivity index (χ1v) is 7.95. The van der Waals surface area contributed by atoms with Gasteiger partial charge in [-0.1, -0.05) is 13.3 Å². The summed E-state index contributed by atoms with van der Waals surface area (Å²) in [6.07, 6.45) is 4.52. The summed E-state index contributed by atoms with van der Waals surface area (Å²) in [6, 6.07) is 3.14. The van der Waals surface area contributed by atoms with Gasteiger partial charge in [-0.2, -0.15) is 4.31 Å². The average molecular weight is 284 g/mol. The number of piperidine rings is 1. The van der Waals surface area contributed by atoms with Gasteiger partial charge in [0.1, 0.15) is 4.90 Å². The zero-order valence-corrected chi connectivity index (χ0v) is 11.9. The highest BCUT2D eigenvalue weighted by Crippen LogP contribution is 2.27. The van der Waals surface area contributed by atoms with Gasteiger partial charge in [0.15, 0.2) is 5.82 Å². The molecule has 106 valence electrons. The lowest BCUT2D eigenvalue weighted by atomic mass is 9.97. The number of pyridine rings is 1. The van der Waals surface area contributed by atoms with Gasteiger partial charge in [0.05, 0.1) is 0 Å². The van der Waals surface area contributed by atoms with E-state index in [1.807, 2.05) is 0 Å². The van der Waals surface area contributed by atoms with Crippen molar-refractivity contribution in [3.05, 3.63) is 18.3 Å². The number of nitrogens with zero attached hydrogens (tertiary/aromatic N) is 2. The minimum Gasteiger partial charge on any atom is -0.307 e. The Balaban J connectivity index is 2.31. The van der Waals surface area contributed by atoms with Gasteiger partial charge in [0.2, 0.25) is 10.0 Å². The van der Waals surface area contributed by atoms with E-state index in [2.05, 4.69) is 17.3 Å². The highest BCUT2D eigenvalue weighted by molar-refractivity contribution is 7.89. The van der Waals surface area contributed by atoms with Crippen molar-refractivity contribution in [1.82, 2.24) is 9.29 Å². The average Bonchev–Trinajstić information content (AvgIpc) is 2.47. The SMILES string of the molecule is CCC1CCCN(S(=O)(=O)c2cccnc2NN)C1. The van der Waals surface area contributed by atoms with Gasteiger partial charge in [-0.05, 0) is 30.9 Å². The molecule has 1 aliphatic heterocycles. The van der Waals surface area contributed by atoms with E-state index in [9.17, 15) is 8.42 Å². The summed E-state index contributed by atoms with van der Waals surface area (Å²) in [5.41, 5.74) is 2.35. The van der Waals surface area contributed by atoms with Crippen LogP contribution in [0.5, 0.6) is 0 Å². The molecule has 1 atom stereocenters. The van der Waals surface area contributed by atoms with E-state index in [1.54, 1.807) is 10.4 Å². The number of sulfonamides is 1. The van der Waals surface area contributed by atoms with Gasteiger partial charge in [0.25, 0.3) is 0 Å². The van der Waals surface area contributed by atoms with Crippen LogP contribution in [0.25, 0.3) is 0 Å². The molecular formula is C12H20N4O2S. The van der Waals surface area contributed by atoms with Crippen LogP contribution < -0.4 is 11.3 Å². The Labute approximate surface area is 114 Å². The lowest BCUT2D eigenvalue weighted by Crippen LogP contribution is -2.40. The Bertz CT molecular complexity index is 532. The minimum absolute atomic E-state index is 0.147. The van der Waals surface area contributed by atoms with E-state index in [0.717, 1.165) is 19.3 Å². The molecule has 1 unspecified atom stereocenters. The number of hydrogen-bond donors (Lipinski definition) is 2. The monoisotopic (exact) mass is 284 g/mol. The molecule has 3 N–H and O–H groups in total. The van der Waals surface area contributed by atoms with Crippen LogP contribution in [0.4, 0.5) is 5.82 Å². The Morgan fingerprint density at radius 1 is 1.58 bits per heavy atom. The van der Waals surface area contributed by atoms with Crippen molar-refractivity contribution >= 4 is 15.8 Å². The molecule has 0 aromatic carbocycles. The number of anilines is 1. The first-order chi connectivity index (χ1) is 9.09. The molecule has 2 heterocycles. The van der Waals surface area contributed by atoms with Gasteiger partial charge < -0.3 is 5.43 Å². The molecule has 0 bridgehead atoms. The molecule has 1 saturated heterocycles. The molecule has 1 fully saturated rings. The van der Waals surface area contributed by atoms with Crippen LogP contribution in [0.1, 0.15) is 26.2 Å². The Kier molecular flexibility index (Phi) is 4.38. The van der Waals surface area contributed by atoms with Crippen LogP contribution in [-0.2, 0) is 10.0 Å².